The van der Waals surface area contributed by atoms with E-state index in [1.165, 1.54) is 18.2 Å². The van der Waals surface area contributed by atoms with Crippen molar-refractivity contribution in [3.8, 4) is 11.5 Å². The Hall–Kier alpha value is -2.39. The number of ether oxygens (including phenoxy) is 2. The van der Waals surface area contributed by atoms with Crippen molar-refractivity contribution < 1.29 is 49.3 Å². The molecule has 1 aliphatic rings. The van der Waals surface area contributed by atoms with Gasteiger partial charge in [-0.05, 0) is 35.9 Å². The van der Waals surface area contributed by atoms with Crippen LogP contribution in [0.25, 0.3) is 0 Å². The smallest absolute Gasteiger partial charge is 0.430 e. The van der Waals surface area contributed by atoms with Crippen LogP contribution in [0, 0.1) is 0 Å². The fraction of sp³-hybridized carbons (Fsp3) is 0.273. The number of nitrogens with zero attached hydrogens (tertiary/aromatic N) is 1. The standard InChI is InChI=1S/C22H15Cl2F6NO5S2/c23-18-10-17(19(24)37-18)38(33,34)31(11-12-1-6-15-16(9-12)36-8-7-35-15)14-4-2-13(3-5-14)20(32,21(25,26)27)22(28,29)30/h1-6,9-10,32H,7-8,11H2. The first-order valence-corrected chi connectivity index (χ1v) is 13.4. The summed E-state index contributed by atoms with van der Waals surface area (Å²) in [6, 6.07) is 7.73. The first-order chi connectivity index (χ1) is 17.6. The van der Waals surface area contributed by atoms with Gasteiger partial charge in [0.15, 0.2) is 11.5 Å². The number of thiophene rings is 1. The van der Waals surface area contributed by atoms with Gasteiger partial charge in [-0.25, -0.2) is 8.42 Å². The van der Waals surface area contributed by atoms with Crippen LogP contribution in [0.3, 0.4) is 0 Å². The summed E-state index contributed by atoms with van der Waals surface area (Å²) in [6.07, 6.45) is -12.2. The van der Waals surface area contributed by atoms with Gasteiger partial charge in [-0.2, -0.15) is 26.3 Å². The molecular formula is C22H15Cl2F6NO5S2. The number of benzene rings is 2. The minimum absolute atomic E-state index is 0.0311. The third-order valence-electron chi connectivity index (χ3n) is 5.52. The van der Waals surface area contributed by atoms with Crippen LogP contribution in [0.15, 0.2) is 53.4 Å². The molecule has 0 saturated heterocycles. The normalized spacial score (nSPS) is 14.4. The van der Waals surface area contributed by atoms with Crippen molar-refractivity contribution in [2.75, 3.05) is 17.5 Å². The van der Waals surface area contributed by atoms with Gasteiger partial charge in [0, 0.05) is 5.56 Å². The van der Waals surface area contributed by atoms with E-state index in [0.29, 0.717) is 35.8 Å². The Morgan fingerprint density at radius 1 is 0.895 bits per heavy atom. The lowest BCUT2D eigenvalue weighted by Gasteiger charge is -2.33. The number of halogens is 8. The van der Waals surface area contributed by atoms with E-state index in [0.717, 1.165) is 33.8 Å². The van der Waals surface area contributed by atoms with Crippen molar-refractivity contribution >= 4 is 50.2 Å². The summed E-state index contributed by atoms with van der Waals surface area (Å²) < 4.78 is 118. The molecule has 0 saturated carbocycles. The molecule has 2 heterocycles. The summed E-state index contributed by atoms with van der Waals surface area (Å²) >= 11 is 12.7. The molecule has 6 nitrogen and oxygen atoms in total. The topological polar surface area (TPSA) is 76.1 Å². The van der Waals surface area contributed by atoms with Crippen LogP contribution in [0.1, 0.15) is 11.1 Å². The molecule has 0 fully saturated rings. The molecule has 0 bridgehead atoms. The van der Waals surface area contributed by atoms with Crippen molar-refractivity contribution in [1.29, 1.82) is 0 Å². The van der Waals surface area contributed by atoms with Gasteiger partial charge in [-0.15, -0.1) is 11.3 Å². The van der Waals surface area contributed by atoms with Crippen molar-refractivity contribution in [1.82, 2.24) is 0 Å². The van der Waals surface area contributed by atoms with Gasteiger partial charge in [0.05, 0.1) is 16.6 Å². The highest BCUT2D eigenvalue weighted by Crippen LogP contribution is 2.50. The van der Waals surface area contributed by atoms with Crippen molar-refractivity contribution in [2.45, 2.75) is 29.4 Å². The Kier molecular flexibility index (Phi) is 7.51. The van der Waals surface area contributed by atoms with Gasteiger partial charge in [0.2, 0.25) is 0 Å². The summed E-state index contributed by atoms with van der Waals surface area (Å²) in [7, 11) is -4.54. The number of fused-ring (bicyclic) bond motifs is 1. The third-order valence-corrected chi connectivity index (χ3v) is 9.05. The van der Waals surface area contributed by atoms with Crippen molar-refractivity contribution in [3.63, 3.8) is 0 Å². The molecule has 1 aliphatic heterocycles. The Morgan fingerprint density at radius 2 is 1.47 bits per heavy atom. The first-order valence-electron chi connectivity index (χ1n) is 10.4. The van der Waals surface area contributed by atoms with E-state index in [2.05, 4.69) is 0 Å². The minimum atomic E-state index is -6.11. The molecule has 4 rings (SSSR count). The number of hydrogen-bond acceptors (Lipinski definition) is 6. The predicted octanol–water partition coefficient (Wildman–Crippen LogP) is 6.53. The molecule has 0 unspecified atom stereocenters. The van der Waals surface area contributed by atoms with Gasteiger partial charge in [-0.3, -0.25) is 4.31 Å². The zero-order valence-corrected chi connectivity index (χ0v) is 21.8. The molecule has 3 aromatic rings. The Morgan fingerprint density at radius 3 is 2.00 bits per heavy atom. The summed E-state index contributed by atoms with van der Waals surface area (Å²) in [5, 5.41) is 9.67. The van der Waals surface area contributed by atoms with Crippen molar-refractivity contribution in [3.05, 3.63) is 68.3 Å². The molecule has 0 spiro atoms. The van der Waals surface area contributed by atoms with E-state index in [1.807, 2.05) is 0 Å². The molecule has 206 valence electrons. The molecule has 0 radical (unpaired) electrons. The summed E-state index contributed by atoms with van der Waals surface area (Å²) in [5.74, 6) is 0.725. The van der Waals surface area contributed by atoms with Gasteiger partial charge in [-0.1, -0.05) is 41.4 Å². The third kappa shape index (κ3) is 5.11. The van der Waals surface area contributed by atoms with Crippen LogP contribution < -0.4 is 13.8 Å². The molecule has 38 heavy (non-hydrogen) atoms. The summed E-state index contributed by atoms with van der Waals surface area (Å²) in [6.45, 7) is 0.119. The highest BCUT2D eigenvalue weighted by molar-refractivity contribution is 7.93. The Bertz CT molecular complexity index is 1430. The van der Waals surface area contributed by atoms with E-state index < -0.39 is 45.0 Å². The predicted molar refractivity (Wildman–Crippen MR) is 128 cm³/mol. The Balaban J connectivity index is 1.81. The second-order valence-corrected chi connectivity index (χ2v) is 12.0. The maximum atomic E-state index is 13.6. The molecule has 1 N–H and O–H groups in total. The van der Waals surface area contributed by atoms with Gasteiger partial charge in [0.1, 0.15) is 22.4 Å². The molecule has 0 amide bonds. The van der Waals surface area contributed by atoms with Crippen LogP contribution in [0.2, 0.25) is 8.67 Å². The SMILES string of the molecule is O=S(=O)(c1cc(Cl)sc1Cl)N(Cc1ccc2c(c1)OCCO2)c1ccc(C(O)(C(F)(F)F)C(F)(F)F)cc1. The van der Waals surface area contributed by atoms with Crippen LogP contribution in [-0.2, 0) is 22.2 Å². The quantitative estimate of drug-likeness (QED) is 0.317. The van der Waals surface area contributed by atoms with E-state index in [4.69, 9.17) is 32.7 Å². The van der Waals surface area contributed by atoms with E-state index >= 15 is 0 Å². The second kappa shape index (κ2) is 9.97. The fourth-order valence-electron chi connectivity index (χ4n) is 3.64. The number of sulfonamides is 1. The average molecular weight is 622 g/mol. The second-order valence-electron chi connectivity index (χ2n) is 7.93. The minimum Gasteiger partial charge on any atom is -0.486 e. The van der Waals surface area contributed by atoms with Crippen LogP contribution in [-0.4, -0.2) is 39.1 Å². The van der Waals surface area contributed by atoms with Crippen LogP contribution in [0.4, 0.5) is 32.0 Å². The monoisotopic (exact) mass is 621 g/mol. The zero-order chi connectivity index (χ0) is 28.1. The zero-order valence-electron chi connectivity index (χ0n) is 18.6. The molecular weight excluding hydrogens is 607 g/mol. The van der Waals surface area contributed by atoms with E-state index in [1.54, 1.807) is 0 Å². The average Bonchev–Trinajstić information content (AvgIpc) is 3.19. The maximum Gasteiger partial charge on any atom is 0.430 e. The van der Waals surface area contributed by atoms with E-state index in [9.17, 15) is 39.9 Å². The fourth-order valence-corrected chi connectivity index (χ4v) is 7.21. The highest BCUT2D eigenvalue weighted by atomic mass is 35.5. The largest absolute Gasteiger partial charge is 0.486 e. The number of anilines is 1. The number of aliphatic hydroxyl groups is 1. The van der Waals surface area contributed by atoms with Crippen LogP contribution in [0.5, 0.6) is 11.5 Å². The Labute approximate surface area is 226 Å². The molecule has 1 aromatic heterocycles. The highest BCUT2D eigenvalue weighted by Gasteiger charge is 2.71. The number of alkyl halides is 6. The van der Waals surface area contributed by atoms with Gasteiger partial charge < -0.3 is 14.6 Å². The van der Waals surface area contributed by atoms with Crippen molar-refractivity contribution in [2.24, 2.45) is 0 Å². The van der Waals surface area contributed by atoms with E-state index in [-0.39, 0.29) is 21.0 Å². The lowest BCUT2D eigenvalue weighted by atomic mass is 9.92. The molecule has 0 atom stereocenters. The summed E-state index contributed by atoms with van der Waals surface area (Å²) in [4.78, 5) is -0.419. The lowest BCUT2D eigenvalue weighted by molar-refractivity contribution is -0.376. The number of rotatable bonds is 6. The molecule has 2 aromatic carbocycles. The first kappa shape index (κ1) is 28.6. The lowest BCUT2D eigenvalue weighted by Crippen LogP contribution is -2.53. The number of hydrogen-bond donors (Lipinski definition) is 1. The molecule has 16 heteroatoms. The summed E-state index contributed by atoms with van der Waals surface area (Å²) in [5.41, 5.74) is -6.69. The maximum absolute atomic E-state index is 13.6. The van der Waals surface area contributed by atoms with Crippen LogP contribution >= 0.6 is 34.5 Å². The van der Waals surface area contributed by atoms with Gasteiger partial charge in [0.25, 0.3) is 15.6 Å². The molecule has 0 aliphatic carbocycles. The van der Waals surface area contributed by atoms with Gasteiger partial charge >= 0.3 is 12.4 Å².